The van der Waals surface area contributed by atoms with Crippen molar-refractivity contribution in [3.05, 3.63) is 35.9 Å². The molecule has 0 saturated carbocycles. The molecule has 0 bridgehead atoms. The maximum Gasteiger partial charge on any atom is 0.223 e. The van der Waals surface area contributed by atoms with E-state index in [0.717, 1.165) is 63.8 Å². The number of nitrogens with zero attached hydrogens (tertiary/aromatic N) is 3. The first-order valence-electron chi connectivity index (χ1n) is 14.3. The smallest absolute Gasteiger partial charge is 0.223 e. The molecule has 0 unspecified atom stereocenters. The number of rotatable bonds is 3. The molecular weight excluding hydrogens is 466 g/mol. The van der Waals surface area contributed by atoms with Gasteiger partial charge in [0.1, 0.15) is 0 Å². The van der Waals surface area contributed by atoms with Gasteiger partial charge in [-0.1, -0.05) is 44.2 Å². The molecule has 3 heterocycles. The van der Waals surface area contributed by atoms with E-state index in [9.17, 15) is 14.7 Å². The van der Waals surface area contributed by atoms with E-state index in [2.05, 4.69) is 4.90 Å². The van der Waals surface area contributed by atoms with Gasteiger partial charge in [-0.25, -0.2) is 0 Å². The third-order valence-electron chi connectivity index (χ3n) is 8.99. The molecule has 1 aromatic carbocycles. The molecule has 3 aliphatic rings. The van der Waals surface area contributed by atoms with Gasteiger partial charge >= 0.3 is 0 Å². The van der Waals surface area contributed by atoms with E-state index in [4.69, 9.17) is 4.74 Å². The van der Waals surface area contributed by atoms with Crippen LogP contribution in [-0.2, 0) is 20.9 Å². The number of likely N-dealkylation sites (tertiary alicyclic amines) is 2. The molecule has 2 amide bonds. The zero-order chi connectivity index (χ0) is 26.4. The first-order chi connectivity index (χ1) is 17.7. The third kappa shape index (κ3) is 7.55. The molecule has 7 heteroatoms. The molecule has 1 aromatic rings. The van der Waals surface area contributed by atoms with Crippen molar-refractivity contribution in [2.45, 2.75) is 78.0 Å². The normalized spacial score (nSPS) is 29.1. The molecule has 0 spiro atoms. The molecule has 0 radical (unpaired) electrons. The highest BCUT2D eigenvalue weighted by Gasteiger charge is 2.37. The second-order valence-electron chi connectivity index (χ2n) is 12.2. The van der Waals surface area contributed by atoms with Crippen molar-refractivity contribution in [3.8, 4) is 0 Å². The van der Waals surface area contributed by atoms with Gasteiger partial charge < -0.3 is 19.6 Å². The van der Waals surface area contributed by atoms with Gasteiger partial charge in [0.25, 0.3) is 0 Å². The summed E-state index contributed by atoms with van der Waals surface area (Å²) in [5.41, 5.74) is 0.659. The Bertz CT molecular complexity index is 884. The highest BCUT2D eigenvalue weighted by atomic mass is 16.5. The molecule has 3 fully saturated rings. The van der Waals surface area contributed by atoms with E-state index >= 15 is 0 Å². The van der Waals surface area contributed by atoms with Crippen molar-refractivity contribution in [1.82, 2.24) is 14.7 Å². The minimum absolute atomic E-state index is 0.150. The fourth-order valence-corrected chi connectivity index (χ4v) is 6.33. The van der Waals surface area contributed by atoms with Gasteiger partial charge in [0.15, 0.2) is 0 Å². The number of amides is 2. The van der Waals surface area contributed by atoms with Crippen LogP contribution in [-0.4, -0.2) is 89.7 Å². The maximum absolute atomic E-state index is 13.7. The van der Waals surface area contributed by atoms with Gasteiger partial charge in [0, 0.05) is 64.1 Å². The number of fused-ring (bicyclic) bond motifs is 1. The van der Waals surface area contributed by atoms with E-state index in [1.165, 1.54) is 0 Å². The van der Waals surface area contributed by atoms with Crippen LogP contribution in [0.15, 0.2) is 30.3 Å². The number of aliphatic hydroxyl groups is 1. The lowest BCUT2D eigenvalue weighted by atomic mass is 9.79. The van der Waals surface area contributed by atoms with Crippen LogP contribution >= 0.6 is 0 Å². The van der Waals surface area contributed by atoms with E-state index in [1.54, 1.807) is 6.92 Å². The molecule has 37 heavy (non-hydrogen) atoms. The van der Waals surface area contributed by atoms with Crippen LogP contribution in [0.3, 0.4) is 0 Å². The van der Waals surface area contributed by atoms with Gasteiger partial charge in [-0.2, -0.15) is 0 Å². The minimum atomic E-state index is -0.653. The largest absolute Gasteiger partial charge is 0.391 e. The van der Waals surface area contributed by atoms with Gasteiger partial charge in [-0.05, 0) is 56.0 Å². The average Bonchev–Trinajstić information content (AvgIpc) is 2.89. The Labute approximate surface area is 223 Å². The topological polar surface area (TPSA) is 73.3 Å². The third-order valence-corrected chi connectivity index (χ3v) is 8.99. The molecule has 3 atom stereocenters. The Kier molecular flexibility index (Phi) is 9.65. The number of hydrogen-bond donors (Lipinski definition) is 1. The highest BCUT2D eigenvalue weighted by molar-refractivity contribution is 5.76. The van der Waals surface area contributed by atoms with Crippen molar-refractivity contribution in [2.24, 2.45) is 17.3 Å². The van der Waals surface area contributed by atoms with Crippen molar-refractivity contribution < 1.29 is 19.4 Å². The highest BCUT2D eigenvalue weighted by Crippen LogP contribution is 2.34. The van der Waals surface area contributed by atoms with E-state index < -0.39 is 11.5 Å². The van der Waals surface area contributed by atoms with Gasteiger partial charge in [-0.15, -0.1) is 0 Å². The maximum atomic E-state index is 13.7. The number of β-amino-alcohol motifs (C(OH)–C–C–N with tert-alkyl or cyclic N) is 1. The summed E-state index contributed by atoms with van der Waals surface area (Å²) in [5, 5.41) is 11.1. The predicted octanol–water partition coefficient (Wildman–Crippen LogP) is 3.55. The molecule has 0 aliphatic carbocycles. The summed E-state index contributed by atoms with van der Waals surface area (Å²) in [5.74, 6) is 1.14. The summed E-state index contributed by atoms with van der Waals surface area (Å²) in [6.07, 6.45) is 5.03. The molecule has 1 N–H and O–H groups in total. The predicted molar refractivity (Wildman–Crippen MR) is 145 cm³/mol. The minimum Gasteiger partial charge on any atom is -0.391 e. The number of hydrogen-bond acceptors (Lipinski definition) is 5. The van der Waals surface area contributed by atoms with E-state index in [0.29, 0.717) is 50.6 Å². The van der Waals surface area contributed by atoms with Crippen molar-refractivity contribution >= 4 is 11.8 Å². The summed E-state index contributed by atoms with van der Waals surface area (Å²) in [7, 11) is 0. The first kappa shape index (κ1) is 28.1. The van der Waals surface area contributed by atoms with Crippen LogP contribution in [0.2, 0.25) is 0 Å². The molecular formula is C30H47N3O4. The Balaban J connectivity index is 1.46. The summed E-state index contributed by atoms with van der Waals surface area (Å²) in [4.78, 5) is 32.0. The number of aliphatic hydroxyl groups excluding tert-OH is 1. The van der Waals surface area contributed by atoms with Gasteiger partial charge in [0.2, 0.25) is 11.8 Å². The van der Waals surface area contributed by atoms with Crippen molar-refractivity contribution in [2.75, 3.05) is 45.9 Å². The van der Waals surface area contributed by atoms with Crippen LogP contribution in [0.5, 0.6) is 0 Å². The summed E-state index contributed by atoms with van der Waals surface area (Å²) >= 11 is 0. The Morgan fingerprint density at radius 3 is 2.46 bits per heavy atom. The average molecular weight is 514 g/mol. The van der Waals surface area contributed by atoms with Crippen LogP contribution < -0.4 is 0 Å². The lowest BCUT2D eigenvalue weighted by molar-refractivity contribution is -0.137. The lowest BCUT2D eigenvalue weighted by Gasteiger charge is -2.45. The van der Waals surface area contributed by atoms with Crippen LogP contribution in [0.25, 0.3) is 0 Å². The summed E-state index contributed by atoms with van der Waals surface area (Å²) in [6, 6.07) is 10.6. The van der Waals surface area contributed by atoms with Gasteiger partial charge in [0.05, 0.1) is 12.7 Å². The number of carbonyl (C=O) groups excluding carboxylic acids is 2. The Morgan fingerprint density at radius 2 is 1.76 bits per heavy atom. The molecule has 4 rings (SSSR count). The molecule has 3 aliphatic heterocycles. The van der Waals surface area contributed by atoms with Crippen LogP contribution in [0, 0.1) is 17.3 Å². The lowest BCUT2D eigenvalue weighted by Crippen LogP contribution is -2.51. The fourth-order valence-electron chi connectivity index (χ4n) is 6.33. The quantitative estimate of drug-likeness (QED) is 0.669. The summed E-state index contributed by atoms with van der Waals surface area (Å²) in [6.45, 7) is 11.5. The fraction of sp³-hybridized carbons (Fsp3) is 0.733. The van der Waals surface area contributed by atoms with Crippen LogP contribution in [0.4, 0.5) is 0 Å². The SMILES string of the molecule is CC(=O)N1CCC(N2CC[C@H]3CC(=O)N(Cc4ccccc4)C[C@H](O)C(C)(C)COCCC[C@H]3C2)CC1. The van der Waals surface area contributed by atoms with Crippen molar-refractivity contribution in [3.63, 3.8) is 0 Å². The molecule has 7 nitrogen and oxygen atoms in total. The number of carbonyl (C=O) groups is 2. The first-order valence-corrected chi connectivity index (χ1v) is 14.3. The number of benzene rings is 1. The Morgan fingerprint density at radius 1 is 1.03 bits per heavy atom. The molecule has 206 valence electrons. The second-order valence-corrected chi connectivity index (χ2v) is 12.2. The van der Waals surface area contributed by atoms with Gasteiger partial charge in [-0.3, -0.25) is 14.5 Å². The Hall–Kier alpha value is -1.96. The van der Waals surface area contributed by atoms with Crippen molar-refractivity contribution in [1.29, 1.82) is 0 Å². The molecule has 3 saturated heterocycles. The van der Waals surface area contributed by atoms with E-state index in [-0.39, 0.29) is 11.8 Å². The zero-order valence-corrected chi connectivity index (χ0v) is 23.1. The number of piperidine rings is 2. The molecule has 0 aromatic heterocycles. The van der Waals surface area contributed by atoms with E-state index in [1.807, 2.05) is 54.0 Å². The standard InChI is InChI=1S/C30H47N3O4/c1-23(34)31-15-12-27(13-16-31)32-14-11-25-18-29(36)33(19-24-8-5-4-6-9-24)21-28(35)30(2,3)22-37-17-7-10-26(25)20-32/h4-6,8-9,25-28,35H,7,10-22H2,1-3H3/t25-,26-,28-/m0/s1. The van der Waals surface area contributed by atoms with Crippen LogP contribution in [0.1, 0.15) is 64.9 Å². The second kappa shape index (κ2) is 12.7. The zero-order valence-electron chi connectivity index (χ0n) is 23.1. The monoisotopic (exact) mass is 513 g/mol. The summed E-state index contributed by atoms with van der Waals surface area (Å²) < 4.78 is 6.06. The number of ether oxygens (including phenoxy) is 1.